The van der Waals surface area contributed by atoms with Crippen molar-refractivity contribution in [3.05, 3.63) is 12.6 Å². The number of hydrogen-bond acceptors (Lipinski definition) is 1. The van der Waals surface area contributed by atoms with E-state index in [1.165, 1.54) is 0 Å². The molecule has 0 fully saturated rings. The van der Waals surface area contributed by atoms with Gasteiger partial charge in [0, 0.05) is 0 Å². The SMILES string of the molecule is [2H]C([2H])=CC=O. The molecule has 0 aliphatic carbocycles. The molecule has 0 rings (SSSR count). The van der Waals surface area contributed by atoms with Gasteiger partial charge in [-0.25, -0.2) is 0 Å². The van der Waals surface area contributed by atoms with Crippen LogP contribution in [0.5, 0.6) is 0 Å². The van der Waals surface area contributed by atoms with Gasteiger partial charge in [0.05, 0.1) is 2.74 Å². The van der Waals surface area contributed by atoms with Gasteiger partial charge < -0.3 is 0 Å². The minimum atomic E-state index is -0.454. The quantitative estimate of drug-likeness (QED) is 0.314. The number of carbonyl (C=O) groups is 1. The second kappa shape index (κ2) is 2.41. The Morgan fingerprint density at radius 3 is 3.00 bits per heavy atom. The van der Waals surface area contributed by atoms with Crippen molar-refractivity contribution < 1.29 is 7.54 Å². The fourth-order valence-electron chi connectivity index (χ4n) is 0. The summed E-state index contributed by atoms with van der Waals surface area (Å²) in [6.07, 6.45) is 1.27. The van der Waals surface area contributed by atoms with E-state index in [9.17, 15) is 4.79 Å². The predicted molar refractivity (Wildman–Crippen MR) is 16.3 cm³/mol. The predicted octanol–water partition coefficient (Wildman–Crippen LogP) is 0.371. The highest BCUT2D eigenvalue weighted by Crippen LogP contribution is 1.35. The van der Waals surface area contributed by atoms with Gasteiger partial charge in [0.1, 0.15) is 6.29 Å². The van der Waals surface area contributed by atoms with Crippen LogP contribution in [-0.2, 0) is 4.79 Å². The van der Waals surface area contributed by atoms with Gasteiger partial charge in [-0.2, -0.15) is 0 Å². The van der Waals surface area contributed by atoms with Crippen molar-refractivity contribution >= 4 is 6.29 Å². The standard InChI is InChI=1S/C3H4O/c1-2-3-4/h2-3H,1H2/i1D2. The van der Waals surface area contributed by atoms with Gasteiger partial charge in [0.25, 0.3) is 0 Å². The first-order valence-electron chi connectivity index (χ1n) is 1.86. The van der Waals surface area contributed by atoms with Crippen LogP contribution in [0.15, 0.2) is 12.6 Å². The van der Waals surface area contributed by atoms with Crippen LogP contribution < -0.4 is 0 Å². The van der Waals surface area contributed by atoms with Crippen LogP contribution in [0.2, 0.25) is 0 Å². The molecule has 0 radical (unpaired) electrons. The van der Waals surface area contributed by atoms with Crippen molar-refractivity contribution in [2.24, 2.45) is 0 Å². The minimum Gasteiger partial charge on any atom is -0.299 e. The van der Waals surface area contributed by atoms with Gasteiger partial charge in [-0.05, 0) is 6.08 Å². The van der Waals surface area contributed by atoms with Crippen LogP contribution >= 0.6 is 0 Å². The zero-order chi connectivity index (χ0) is 4.99. The second-order valence-corrected chi connectivity index (χ2v) is 0.303. The average molecular weight is 58.1 g/mol. The molecule has 0 bridgehead atoms. The fourth-order valence-corrected chi connectivity index (χ4v) is 0. The van der Waals surface area contributed by atoms with Crippen molar-refractivity contribution in [1.82, 2.24) is 0 Å². The monoisotopic (exact) mass is 58.0 g/mol. The largest absolute Gasteiger partial charge is 0.299 e. The summed E-state index contributed by atoms with van der Waals surface area (Å²) in [6, 6.07) is 0. The first-order chi connectivity index (χ1) is 2.77. The summed E-state index contributed by atoms with van der Waals surface area (Å²) in [5.41, 5.74) is 0. The molecule has 0 saturated heterocycles. The van der Waals surface area contributed by atoms with Gasteiger partial charge in [0.2, 0.25) is 0 Å². The number of hydrogen-bond donors (Lipinski definition) is 0. The molecule has 0 N–H and O–H groups in total. The fraction of sp³-hybridized carbons (Fsp3) is 0. The van der Waals surface area contributed by atoms with Crippen molar-refractivity contribution in [2.75, 3.05) is 0 Å². The van der Waals surface area contributed by atoms with Gasteiger partial charge >= 0.3 is 0 Å². The highest BCUT2D eigenvalue weighted by atomic mass is 16.1. The van der Waals surface area contributed by atoms with Crippen molar-refractivity contribution in [1.29, 1.82) is 0 Å². The Labute approximate surface area is 27.8 Å². The van der Waals surface area contributed by atoms with Crippen LogP contribution in [-0.4, -0.2) is 6.29 Å². The number of allylic oxidation sites excluding steroid dienone is 1. The highest BCUT2D eigenvalue weighted by molar-refractivity contribution is 5.63. The molecule has 4 heavy (non-hydrogen) atoms. The zero-order valence-electron chi connectivity index (χ0n) is 4.06. The van der Waals surface area contributed by atoms with Gasteiger partial charge in [0.15, 0.2) is 0 Å². The molecule has 0 atom stereocenters. The molecular formula is C3H4O. The molecule has 0 aromatic heterocycles. The summed E-state index contributed by atoms with van der Waals surface area (Å²) < 4.78 is 12.5. The number of rotatable bonds is 1. The summed E-state index contributed by atoms with van der Waals surface area (Å²) in [4.78, 5) is 9.30. The molecule has 0 amide bonds. The second-order valence-electron chi connectivity index (χ2n) is 0.303. The van der Waals surface area contributed by atoms with E-state index < -0.39 is 6.53 Å². The lowest BCUT2D eigenvalue weighted by Gasteiger charge is -1.37. The molecule has 1 nitrogen and oxygen atoms in total. The first-order valence-corrected chi connectivity index (χ1v) is 0.858. The van der Waals surface area contributed by atoms with Crippen LogP contribution in [0.4, 0.5) is 0 Å². The van der Waals surface area contributed by atoms with Crippen molar-refractivity contribution in [3.63, 3.8) is 0 Å². The third-order valence-electron chi connectivity index (χ3n) is 0.0680. The Morgan fingerprint density at radius 1 is 2.25 bits per heavy atom. The van der Waals surface area contributed by atoms with Gasteiger partial charge in [-0.15, -0.1) is 0 Å². The van der Waals surface area contributed by atoms with E-state index in [-0.39, 0.29) is 0 Å². The molecule has 0 spiro atoms. The third kappa shape index (κ3) is 1.41. The normalized spacial score (nSPS) is 11.0. The Kier molecular flexibility index (Phi) is 0.614. The Bertz CT molecular complexity index is 72.9. The lowest BCUT2D eigenvalue weighted by molar-refractivity contribution is -0.104. The summed E-state index contributed by atoms with van der Waals surface area (Å²) in [5, 5.41) is 0. The Morgan fingerprint density at radius 2 is 3.00 bits per heavy atom. The van der Waals surface area contributed by atoms with E-state index >= 15 is 0 Å². The van der Waals surface area contributed by atoms with E-state index in [1.54, 1.807) is 0 Å². The average Bonchev–Trinajstić information content (AvgIpc) is 1.35. The number of carbonyl (C=O) groups excluding carboxylic acids is 1. The summed E-state index contributed by atoms with van der Waals surface area (Å²) in [7, 11) is 0. The van der Waals surface area contributed by atoms with Crippen LogP contribution in [0.3, 0.4) is 0 Å². The smallest absolute Gasteiger partial charge is 0.142 e. The maximum Gasteiger partial charge on any atom is 0.142 e. The number of aldehydes is 1. The topological polar surface area (TPSA) is 17.1 Å². The van der Waals surface area contributed by atoms with Crippen LogP contribution in [0.25, 0.3) is 0 Å². The third-order valence-corrected chi connectivity index (χ3v) is 0.0680. The molecule has 0 aliphatic heterocycles. The Hall–Kier alpha value is -0.590. The van der Waals surface area contributed by atoms with Crippen LogP contribution in [0.1, 0.15) is 2.74 Å². The van der Waals surface area contributed by atoms with Gasteiger partial charge in [-0.1, -0.05) is 6.53 Å². The van der Waals surface area contributed by atoms with Crippen molar-refractivity contribution in [2.45, 2.75) is 0 Å². The molecule has 0 heterocycles. The van der Waals surface area contributed by atoms with E-state index in [2.05, 4.69) is 0 Å². The summed E-state index contributed by atoms with van der Waals surface area (Å²) >= 11 is 0. The van der Waals surface area contributed by atoms with Gasteiger partial charge in [-0.3, -0.25) is 4.79 Å². The maximum atomic E-state index is 9.30. The molecule has 0 saturated carbocycles. The molecule has 0 aliphatic rings. The molecule has 1 heteroatoms. The molecule has 0 unspecified atom stereocenters. The molecule has 22 valence electrons. The van der Waals surface area contributed by atoms with E-state index in [0.29, 0.717) is 6.29 Å². The van der Waals surface area contributed by atoms with Crippen LogP contribution in [0, 0.1) is 0 Å². The van der Waals surface area contributed by atoms with E-state index in [0.717, 1.165) is 6.08 Å². The minimum absolute atomic E-state index is 0.412. The van der Waals surface area contributed by atoms with Crippen molar-refractivity contribution in [3.8, 4) is 0 Å². The molecule has 0 aromatic rings. The summed E-state index contributed by atoms with van der Waals surface area (Å²) in [5.74, 6) is 0. The lowest BCUT2D eigenvalue weighted by atomic mass is 10.8. The van der Waals surface area contributed by atoms with E-state index in [4.69, 9.17) is 2.74 Å². The first kappa shape index (κ1) is 1.02. The lowest BCUT2D eigenvalue weighted by Crippen LogP contribution is -1.44. The summed E-state index contributed by atoms with van der Waals surface area (Å²) in [6.45, 7) is -0.454. The molecular weight excluding hydrogens is 52.0 g/mol. The zero-order valence-corrected chi connectivity index (χ0v) is 2.06. The van der Waals surface area contributed by atoms with E-state index in [1.807, 2.05) is 0 Å². The molecule has 0 aromatic carbocycles. The highest BCUT2D eigenvalue weighted by Gasteiger charge is 1.38. The maximum absolute atomic E-state index is 9.30. The Balaban J connectivity index is 3.41.